The van der Waals surface area contributed by atoms with Gasteiger partial charge in [0.15, 0.2) is 0 Å². The first-order chi connectivity index (χ1) is 10.3. The van der Waals surface area contributed by atoms with Crippen LogP contribution in [0.2, 0.25) is 0 Å². The molecule has 0 amide bonds. The zero-order valence-corrected chi connectivity index (χ0v) is 12.6. The van der Waals surface area contributed by atoms with Crippen LogP contribution in [-0.4, -0.2) is 37.1 Å². The minimum Gasteiger partial charge on any atom is -0.469 e. The van der Waals surface area contributed by atoms with Gasteiger partial charge in [-0.2, -0.15) is 0 Å². The van der Waals surface area contributed by atoms with E-state index in [0.717, 1.165) is 32.4 Å². The van der Waals surface area contributed by atoms with Crippen molar-refractivity contribution in [2.75, 3.05) is 20.2 Å². The second kappa shape index (κ2) is 6.44. The first kappa shape index (κ1) is 14.3. The summed E-state index contributed by atoms with van der Waals surface area (Å²) in [5.41, 5.74) is 2.79. The monoisotopic (exact) mass is 285 g/mol. The van der Waals surface area contributed by atoms with Crippen LogP contribution >= 0.6 is 0 Å². The SMILES string of the molecule is COC(=O)CC1CCN2CCC(c3ccccc3)=CC2C1. The summed E-state index contributed by atoms with van der Waals surface area (Å²) >= 11 is 0. The smallest absolute Gasteiger partial charge is 0.305 e. The molecule has 0 aromatic heterocycles. The molecule has 1 aromatic rings. The van der Waals surface area contributed by atoms with Crippen molar-refractivity contribution in [3.05, 3.63) is 42.0 Å². The molecule has 1 saturated heterocycles. The molecule has 21 heavy (non-hydrogen) atoms. The Kier molecular flexibility index (Phi) is 4.39. The Labute approximate surface area is 126 Å². The Morgan fingerprint density at radius 3 is 2.86 bits per heavy atom. The molecule has 2 aliphatic heterocycles. The summed E-state index contributed by atoms with van der Waals surface area (Å²) in [5.74, 6) is 0.390. The van der Waals surface area contributed by atoms with E-state index in [1.807, 2.05) is 0 Å². The fourth-order valence-electron chi connectivity index (χ4n) is 3.55. The van der Waals surface area contributed by atoms with E-state index in [4.69, 9.17) is 4.74 Å². The molecule has 3 rings (SSSR count). The van der Waals surface area contributed by atoms with Gasteiger partial charge in [-0.25, -0.2) is 0 Å². The number of hydrogen-bond donors (Lipinski definition) is 0. The van der Waals surface area contributed by atoms with Crippen molar-refractivity contribution in [3.8, 4) is 0 Å². The standard InChI is InChI=1S/C18H23NO2/c1-21-18(20)12-14-7-9-19-10-8-16(13-17(19)11-14)15-5-3-2-4-6-15/h2-6,13-14,17H,7-12H2,1H3. The maximum absolute atomic E-state index is 11.5. The summed E-state index contributed by atoms with van der Waals surface area (Å²) in [6.07, 6.45) is 6.30. The lowest BCUT2D eigenvalue weighted by molar-refractivity contribution is -0.142. The molecule has 2 aliphatic rings. The molecule has 0 N–H and O–H groups in total. The van der Waals surface area contributed by atoms with Crippen LogP contribution in [0.1, 0.15) is 31.2 Å². The number of benzene rings is 1. The van der Waals surface area contributed by atoms with Gasteiger partial charge >= 0.3 is 5.97 Å². The summed E-state index contributed by atoms with van der Waals surface area (Å²) in [7, 11) is 1.48. The van der Waals surface area contributed by atoms with Crippen LogP contribution < -0.4 is 0 Å². The van der Waals surface area contributed by atoms with Crippen molar-refractivity contribution in [3.63, 3.8) is 0 Å². The van der Waals surface area contributed by atoms with E-state index in [2.05, 4.69) is 41.3 Å². The number of rotatable bonds is 3. The Morgan fingerprint density at radius 1 is 1.29 bits per heavy atom. The zero-order chi connectivity index (χ0) is 14.7. The van der Waals surface area contributed by atoms with E-state index in [1.165, 1.54) is 18.2 Å². The summed E-state index contributed by atoms with van der Waals surface area (Å²) in [6, 6.07) is 11.1. The summed E-state index contributed by atoms with van der Waals surface area (Å²) < 4.78 is 4.81. The third-order valence-electron chi connectivity index (χ3n) is 4.76. The van der Waals surface area contributed by atoms with Crippen molar-refractivity contribution in [2.45, 2.75) is 31.7 Å². The van der Waals surface area contributed by atoms with Crippen molar-refractivity contribution in [2.24, 2.45) is 5.92 Å². The average Bonchev–Trinajstić information content (AvgIpc) is 2.55. The van der Waals surface area contributed by atoms with E-state index in [0.29, 0.717) is 18.4 Å². The molecule has 2 unspecified atom stereocenters. The molecule has 1 aromatic carbocycles. The molecular formula is C18H23NO2. The lowest BCUT2D eigenvalue weighted by atomic mass is 9.84. The molecule has 0 radical (unpaired) electrons. The van der Waals surface area contributed by atoms with Crippen molar-refractivity contribution in [1.82, 2.24) is 4.90 Å². The summed E-state index contributed by atoms with van der Waals surface area (Å²) in [5, 5.41) is 0. The Bertz CT molecular complexity index is 523. The number of hydrogen-bond acceptors (Lipinski definition) is 3. The largest absolute Gasteiger partial charge is 0.469 e. The quantitative estimate of drug-likeness (QED) is 0.799. The Balaban J connectivity index is 1.71. The fraction of sp³-hybridized carbons (Fsp3) is 0.500. The fourth-order valence-corrected chi connectivity index (χ4v) is 3.55. The maximum atomic E-state index is 11.5. The van der Waals surface area contributed by atoms with Crippen molar-refractivity contribution < 1.29 is 9.53 Å². The lowest BCUT2D eigenvalue weighted by Crippen LogP contribution is -2.44. The first-order valence-electron chi connectivity index (χ1n) is 7.83. The highest BCUT2D eigenvalue weighted by Gasteiger charge is 2.31. The molecule has 0 spiro atoms. The highest BCUT2D eigenvalue weighted by Crippen LogP contribution is 2.33. The van der Waals surface area contributed by atoms with Gasteiger partial charge in [-0.05, 0) is 42.9 Å². The van der Waals surface area contributed by atoms with E-state index in [1.54, 1.807) is 0 Å². The topological polar surface area (TPSA) is 29.5 Å². The number of esters is 1. The second-order valence-corrected chi connectivity index (χ2v) is 6.08. The lowest BCUT2D eigenvalue weighted by Gasteiger charge is -2.41. The molecule has 0 bridgehead atoms. The number of fused-ring (bicyclic) bond motifs is 1. The van der Waals surface area contributed by atoms with E-state index >= 15 is 0 Å². The van der Waals surface area contributed by atoms with Crippen LogP contribution in [-0.2, 0) is 9.53 Å². The third-order valence-corrected chi connectivity index (χ3v) is 4.76. The molecule has 0 aliphatic carbocycles. The highest BCUT2D eigenvalue weighted by atomic mass is 16.5. The number of methoxy groups -OCH3 is 1. The second-order valence-electron chi connectivity index (χ2n) is 6.08. The van der Waals surface area contributed by atoms with Crippen LogP contribution in [0.5, 0.6) is 0 Å². The number of ether oxygens (including phenoxy) is 1. The third kappa shape index (κ3) is 3.35. The maximum Gasteiger partial charge on any atom is 0.305 e. The van der Waals surface area contributed by atoms with Gasteiger partial charge in [-0.1, -0.05) is 36.4 Å². The normalized spacial score (nSPS) is 25.9. The van der Waals surface area contributed by atoms with Crippen molar-refractivity contribution >= 4 is 11.5 Å². The first-order valence-corrected chi connectivity index (χ1v) is 7.83. The van der Waals surface area contributed by atoms with Gasteiger partial charge in [-0.15, -0.1) is 0 Å². The molecular weight excluding hydrogens is 262 g/mol. The van der Waals surface area contributed by atoms with Gasteiger partial charge in [0.25, 0.3) is 0 Å². The van der Waals surface area contributed by atoms with E-state index < -0.39 is 0 Å². The predicted molar refractivity (Wildman–Crippen MR) is 83.8 cm³/mol. The van der Waals surface area contributed by atoms with Crippen molar-refractivity contribution in [1.29, 1.82) is 0 Å². The van der Waals surface area contributed by atoms with E-state index in [-0.39, 0.29) is 5.97 Å². The van der Waals surface area contributed by atoms with Gasteiger partial charge < -0.3 is 4.74 Å². The Morgan fingerprint density at radius 2 is 2.10 bits per heavy atom. The number of nitrogens with zero attached hydrogens (tertiary/aromatic N) is 1. The molecule has 2 atom stereocenters. The minimum absolute atomic E-state index is 0.0727. The van der Waals surface area contributed by atoms with Gasteiger partial charge in [0.2, 0.25) is 0 Å². The number of carbonyl (C=O) groups excluding carboxylic acids is 1. The minimum atomic E-state index is -0.0727. The van der Waals surface area contributed by atoms with Gasteiger partial charge in [0, 0.05) is 19.0 Å². The molecule has 0 saturated carbocycles. The molecule has 112 valence electrons. The summed E-state index contributed by atoms with van der Waals surface area (Å²) in [4.78, 5) is 14.0. The Hall–Kier alpha value is -1.61. The molecule has 2 heterocycles. The van der Waals surface area contributed by atoms with E-state index in [9.17, 15) is 4.79 Å². The van der Waals surface area contributed by atoms with Crippen LogP contribution in [0.15, 0.2) is 36.4 Å². The van der Waals surface area contributed by atoms with Crippen LogP contribution in [0.3, 0.4) is 0 Å². The molecule has 3 heteroatoms. The van der Waals surface area contributed by atoms with Crippen LogP contribution in [0.25, 0.3) is 5.57 Å². The predicted octanol–water partition coefficient (Wildman–Crippen LogP) is 3.12. The van der Waals surface area contributed by atoms with Crippen LogP contribution in [0.4, 0.5) is 0 Å². The van der Waals surface area contributed by atoms with Crippen LogP contribution in [0, 0.1) is 5.92 Å². The number of piperidine rings is 1. The average molecular weight is 285 g/mol. The molecule has 1 fully saturated rings. The van der Waals surface area contributed by atoms with Gasteiger partial charge in [0.1, 0.15) is 0 Å². The zero-order valence-electron chi connectivity index (χ0n) is 12.6. The molecule has 3 nitrogen and oxygen atoms in total. The summed E-state index contributed by atoms with van der Waals surface area (Å²) in [6.45, 7) is 2.24. The van der Waals surface area contributed by atoms with Gasteiger partial charge in [-0.3, -0.25) is 9.69 Å². The highest BCUT2D eigenvalue weighted by molar-refractivity contribution is 5.69. The van der Waals surface area contributed by atoms with Gasteiger partial charge in [0.05, 0.1) is 7.11 Å². The number of carbonyl (C=O) groups is 1.